The van der Waals surface area contributed by atoms with Crippen molar-refractivity contribution in [3.8, 4) is 0 Å². The fourth-order valence-electron chi connectivity index (χ4n) is 6.79. The molecular weight excluding hydrogens is 446 g/mol. The second kappa shape index (κ2) is 5.65. The van der Waals surface area contributed by atoms with Crippen LogP contribution in [0.4, 0.5) is 0 Å². The van der Waals surface area contributed by atoms with Gasteiger partial charge in [-0.25, -0.2) is 8.42 Å². The predicted octanol–water partition coefficient (Wildman–Crippen LogP) is 1.51. The summed E-state index contributed by atoms with van der Waals surface area (Å²) in [6.07, 6.45) is 2.77. The first-order valence-corrected chi connectivity index (χ1v) is 12.8. The SMILES string of the molecule is C[C@@]12CCCc3coc(c31)C(=O)c1cc3c(cc12)C(=O)C1=C2N(CCS1(=O)=O)[C@H](O)C[C@@]23O. The number of benzene rings is 1. The number of fused-ring (bicyclic) bond motifs is 4. The number of hydrogen-bond donors (Lipinski definition) is 2. The van der Waals surface area contributed by atoms with E-state index in [9.17, 15) is 28.2 Å². The van der Waals surface area contributed by atoms with Gasteiger partial charge in [-0.3, -0.25) is 9.59 Å². The molecule has 0 spiro atoms. The maximum absolute atomic E-state index is 13.6. The van der Waals surface area contributed by atoms with E-state index < -0.39 is 37.8 Å². The van der Waals surface area contributed by atoms with Gasteiger partial charge in [0.1, 0.15) is 16.7 Å². The summed E-state index contributed by atoms with van der Waals surface area (Å²) in [5.41, 5.74) is 0.604. The molecule has 0 bridgehead atoms. The Kier molecular flexibility index (Phi) is 3.37. The number of Topliss-reactive ketones (excluding diaryl/α,β-unsaturated/α-hetero) is 1. The normalized spacial score (nSPS) is 32.9. The van der Waals surface area contributed by atoms with Gasteiger partial charge in [-0.15, -0.1) is 0 Å². The predicted molar refractivity (Wildman–Crippen MR) is 114 cm³/mol. The standard InChI is InChI=1S/C24H21NO7S/c1-23-4-2-3-11-10-32-20(17(11)23)18(27)12-8-15-13(7-14(12)23)19(28)21-22-24(15,29)9-16(26)25(22)5-6-33(21,30)31/h7-8,10,16,26,29H,2-6,9H2,1H3/t16-,23+,24+/m1/s1. The van der Waals surface area contributed by atoms with Crippen molar-refractivity contribution in [3.05, 3.63) is 68.1 Å². The number of aliphatic hydroxyl groups excluding tert-OH is 1. The quantitative estimate of drug-likeness (QED) is 0.597. The van der Waals surface area contributed by atoms with E-state index in [1.54, 1.807) is 12.3 Å². The third-order valence-corrected chi connectivity index (χ3v) is 10.0. The molecule has 2 aromatic rings. The van der Waals surface area contributed by atoms with E-state index in [0.717, 1.165) is 30.4 Å². The molecule has 1 aromatic heterocycles. The van der Waals surface area contributed by atoms with Crippen LogP contribution in [0.2, 0.25) is 0 Å². The maximum atomic E-state index is 13.6. The highest BCUT2D eigenvalue weighted by Gasteiger charge is 2.59. The Morgan fingerprint density at radius 3 is 2.67 bits per heavy atom. The van der Waals surface area contributed by atoms with Gasteiger partial charge >= 0.3 is 0 Å². The summed E-state index contributed by atoms with van der Waals surface area (Å²) >= 11 is 0. The van der Waals surface area contributed by atoms with E-state index in [4.69, 9.17) is 4.42 Å². The van der Waals surface area contributed by atoms with Crippen LogP contribution in [0.3, 0.4) is 0 Å². The summed E-state index contributed by atoms with van der Waals surface area (Å²) in [7, 11) is -3.93. The third-order valence-electron chi connectivity index (χ3n) is 8.29. The van der Waals surface area contributed by atoms with Crippen LogP contribution < -0.4 is 0 Å². The van der Waals surface area contributed by atoms with Crippen LogP contribution in [-0.4, -0.2) is 53.6 Å². The molecule has 0 unspecified atom stereocenters. The Morgan fingerprint density at radius 1 is 1.15 bits per heavy atom. The molecule has 3 aliphatic carbocycles. The monoisotopic (exact) mass is 467 g/mol. The lowest BCUT2D eigenvalue weighted by Gasteiger charge is -2.42. The Balaban J connectivity index is 1.55. The van der Waals surface area contributed by atoms with Gasteiger partial charge in [-0.1, -0.05) is 6.92 Å². The Morgan fingerprint density at radius 2 is 1.88 bits per heavy atom. The second-order valence-corrected chi connectivity index (χ2v) is 12.0. The summed E-state index contributed by atoms with van der Waals surface area (Å²) < 4.78 is 31.6. The third kappa shape index (κ3) is 2.08. The number of carbonyl (C=O) groups excluding carboxylic acids is 2. The van der Waals surface area contributed by atoms with Gasteiger partial charge in [0.15, 0.2) is 15.6 Å². The molecule has 0 amide bonds. The minimum Gasteiger partial charge on any atom is -0.460 e. The molecule has 33 heavy (non-hydrogen) atoms. The number of aliphatic hydroxyl groups is 2. The summed E-state index contributed by atoms with van der Waals surface area (Å²) in [6, 6.07) is 3.13. The van der Waals surface area contributed by atoms with Gasteiger partial charge in [0.25, 0.3) is 0 Å². The highest BCUT2D eigenvalue weighted by atomic mass is 32.2. The zero-order valence-electron chi connectivity index (χ0n) is 17.8. The van der Waals surface area contributed by atoms with Crippen LogP contribution >= 0.6 is 0 Å². The average Bonchev–Trinajstić information content (AvgIpc) is 3.31. The van der Waals surface area contributed by atoms with Gasteiger partial charge in [0, 0.05) is 40.6 Å². The molecule has 0 saturated carbocycles. The number of ketones is 2. The summed E-state index contributed by atoms with van der Waals surface area (Å²) in [6.45, 7) is 2.01. The van der Waals surface area contributed by atoms with Crippen LogP contribution in [0.15, 0.2) is 33.4 Å². The first-order chi connectivity index (χ1) is 15.6. The van der Waals surface area contributed by atoms with Crippen molar-refractivity contribution in [3.63, 3.8) is 0 Å². The molecular formula is C24H21NO7S. The zero-order valence-corrected chi connectivity index (χ0v) is 18.7. The molecule has 5 aliphatic rings. The lowest BCUT2D eigenvalue weighted by atomic mass is 9.62. The van der Waals surface area contributed by atoms with Crippen molar-refractivity contribution < 1.29 is 32.6 Å². The van der Waals surface area contributed by atoms with Gasteiger partial charge in [0.05, 0.1) is 17.7 Å². The van der Waals surface area contributed by atoms with E-state index in [2.05, 4.69) is 0 Å². The number of carbonyl (C=O) groups is 2. The number of aryl methyl sites for hydroxylation is 1. The van der Waals surface area contributed by atoms with E-state index >= 15 is 0 Å². The molecule has 3 heterocycles. The van der Waals surface area contributed by atoms with Crippen LogP contribution in [0.5, 0.6) is 0 Å². The Hall–Kier alpha value is -2.75. The molecule has 1 aromatic carbocycles. The number of hydrogen-bond acceptors (Lipinski definition) is 8. The minimum atomic E-state index is -3.93. The molecule has 2 N–H and O–H groups in total. The van der Waals surface area contributed by atoms with Gasteiger partial charge in [-0.05, 0) is 42.5 Å². The second-order valence-electron chi connectivity index (χ2n) is 9.99. The molecule has 3 atom stereocenters. The van der Waals surface area contributed by atoms with Crippen molar-refractivity contribution in [2.24, 2.45) is 0 Å². The van der Waals surface area contributed by atoms with Crippen molar-refractivity contribution in [2.45, 2.75) is 49.9 Å². The summed E-state index contributed by atoms with van der Waals surface area (Å²) in [5, 5.41) is 22.4. The first-order valence-electron chi connectivity index (χ1n) is 11.1. The molecule has 1 fully saturated rings. The van der Waals surface area contributed by atoms with Gasteiger partial charge < -0.3 is 19.5 Å². The van der Waals surface area contributed by atoms with E-state index in [1.807, 2.05) is 6.92 Å². The summed E-state index contributed by atoms with van der Waals surface area (Å²) in [5.74, 6) is -1.00. The Labute approximate surface area is 189 Å². The molecule has 0 radical (unpaired) electrons. The summed E-state index contributed by atoms with van der Waals surface area (Å²) in [4.78, 5) is 28.0. The number of allylic oxidation sites excluding steroid dienone is 1. The number of rotatable bonds is 0. The van der Waals surface area contributed by atoms with Crippen LogP contribution in [-0.2, 0) is 27.3 Å². The van der Waals surface area contributed by atoms with E-state index in [0.29, 0.717) is 16.9 Å². The molecule has 1 saturated heterocycles. The highest BCUT2D eigenvalue weighted by Crippen LogP contribution is 2.55. The van der Waals surface area contributed by atoms with Crippen molar-refractivity contribution >= 4 is 21.4 Å². The molecule has 170 valence electrons. The average molecular weight is 467 g/mol. The maximum Gasteiger partial charge on any atom is 0.228 e. The molecule has 8 nitrogen and oxygen atoms in total. The fourth-order valence-corrected chi connectivity index (χ4v) is 8.40. The molecule has 9 heteroatoms. The smallest absolute Gasteiger partial charge is 0.228 e. The van der Waals surface area contributed by atoms with E-state index in [-0.39, 0.29) is 41.3 Å². The zero-order chi connectivity index (χ0) is 23.1. The minimum absolute atomic E-state index is 0.00622. The van der Waals surface area contributed by atoms with Crippen LogP contribution in [0.1, 0.15) is 74.9 Å². The van der Waals surface area contributed by atoms with E-state index in [1.165, 1.54) is 11.0 Å². The van der Waals surface area contributed by atoms with Gasteiger partial charge in [-0.2, -0.15) is 0 Å². The Bertz CT molecular complexity index is 1480. The highest BCUT2D eigenvalue weighted by molar-refractivity contribution is 7.96. The molecule has 7 rings (SSSR count). The van der Waals surface area contributed by atoms with Crippen LogP contribution in [0, 0.1) is 0 Å². The topological polar surface area (TPSA) is 125 Å². The number of nitrogens with zero attached hydrogens (tertiary/aromatic N) is 1. The largest absolute Gasteiger partial charge is 0.460 e. The fraction of sp³-hybridized carbons (Fsp3) is 0.417. The molecule has 2 aliphatic heterocycles. The van der Waals surface area contributed by atoms with Crippen molar-refractivity contribution in [2.75, 3.05) is 12.3 Å². The number of sulfone groups is 1. The number of furan rings is 1. The lowest BCUT2D eigenvalue weighted by molar-refractivity contribution is 0.0341. The van der Waals surface area contributed by atoms with Crippen LogP contribution in [0.25, 0.3) is 0 Å². The van der Waals surface area contributed by atoms with Gasteiger partial charge in [0.2, 0.25) is 11.6 Å². The first kappa shape index (κ1) is 19.7. The van der Waals surface area contributed by atoms with Crippen molar-refractivity contribution in [1.82, 2.24) is 4.90 Å². The lowest BCUT2D eigenvalue weighted by Crippen LogP contribution is -2.45. The van der Waals surface area contributed by atoms with Crippen molar-refractivity contribution in [1.29, 1.82) is 0 Å².